The quantitative estimate of drug-likeness (QED) is 0.707. The molecule has 0 aliphatic heterocycles. The highest BCUT2D eigenvalue weighted by molar-refractivity contribution is 9.11. The molecule has 1 aromatic carbocycles. The lowest BCUT2D eigenvalue weighted by Gasteiger charge is -2.24. The number of hydrogen-bond donors (Lipinski definition) is 2. The fourth-order valence-electron chi connectivity index (χ4n) is 2.62. The minimum absolute atomic E-state index is 0.207. The van der Waals surface area contributed by atoms with Gasteiger partial charge < -0.3 is 11.1 Å². The number of hydrogen-bond acceptors (Lipinski definition) is 2. The van der Waals surface area contributed by atoms with Crippen molar-refractivity contribution in [1.29, 1.82) is 0 Å². The Bertz CT molecular complexity index is 491. The number of alkyl halides is 3. The molecule has 0 unspecified atom stereocenters. The molecule has 0 bridgehead atoms. The number of nitrogen functional groups attached to an aromatic ring is 1. The molecule has 0 spiro atoms. The maximum absolute atomic E-state index is 12.9. The molecule has 1 saturated carbocycles. The third-order valence-electron chi connectivity index (χ3n) is 3.67. The van der Waals surface area contributed by atoms with Crippen LogP contribution in [-0.2, 0) is 6.54 Å². The molecular formula is C13H15Br2F3N2. The largest absolute Gasteiger partial charge is 0.398 e. The van der Waals surface area contributed by atoms with Gasteiger partial charge in [-0.2, -0.15) is 13.2 Å². The summed E-state index contributed by atoms with van der Waals surface area (Å²) in [5.74, 6) is -1.25. The number of anilines is 1. The van der Waals surface area contributed by atoms with Crippen molar-refractivity contribution in [3.8, 4) is 0 Å². The summed E-state index contributed by atoms with van der Waals surface area (Å²) in [4.78, 5) is 0. The minimum Gasteiger partial charge on any atom is -0.398 e. The smallest absolute Gasteiger partial charge is 0.393 e. The molecule has 2 nitrogen and oxygen atoms in total. The van der Waals surface area contributed by atoms with Crippen molar-refractivity contribution in [1.82, 2.24) is 5.32 Å². The van der Waals surface area contributed by atoms with Crippen molar-refractivity contribution in [2.75, 3.05) is 5.73 Å². The van der Waals surface area contributed by atoms with Gasteiger partial charge in [-0.1, -0.05) is 22.4 Å². The molecule has 112 valence electrons. The molecule has 3 N–H and O–H groups in total. The lowest BCUT2D eigenvalue weighted by molar-refractivity contribution is -0.177. The van der Waals surface area contributed by atoms with Gasteiger partial charge in [0.15, 0.2) is 0 Å². The summed E-state index contributed by atoms with van der Waals surface area (Å²) in [5, 5.41) is 3.01. The molecule has 0 amide bonds. The zero-order valence-electron chi connectivity index (χ0n) is 10.6. The van der Waals surface area contributed by atoms with Gasteiger partial charge >= 0.3 is 6.18 Å². The summed E-state index contributed by atoms with van der Waals surface area (Å²) >= 11 is 6.68. The topological polar surface area (TPSA) is 38.0 Å². The highest BCUT2D eigenvalue weighted by atomic mass is 79.9. The normalized spacial score (nSPS) is 23.2. The molecule has 2 atom stereocenters. The maximum atomic E-state index is 12.9. The molecule has 2 rings (SSSR count). The summed E-state index contributed by atoms with van der Waals surface area (Å²) in [7, 11) is 0. The number of nitrogens with two attached hydrogens (primary N) is 1. The van der Waals surface area contributed by atoms with Gasteiger partial charge in [0.25, 0.3) is 0 Å². The predicted molar refractivity (Wildman–Crippen MR) is 80.3 cm³/mol. The molecule has 1 aliphatic carbocycles. The van der Waals surface area contributed by atoms with E-state index < -0.39 is 18.1 Å². The van der Waals surface area contributed by atoms with Gasteiger partial charge in [0.05, 0.1) is 11.6 Å². The Morgan fingerprint density at radius 3 is 2.60 bits per heavy atom. The second-order valence-electron chi connectivity index (χ2n) is 5.03. The molecule has 1 aromatic rings. The molecule has 0 saturated heterocycles. The number of halogens is 5. The van der Waals surface area contributed by atoms with Crippen LogP contribution in [0.15, 0.2) is 21.1 Å². The van der Waals surface area contributed by atoms with E-state index in [-0.39, 0.29) is 6.42 Å². The van der Waals surface area contributed by atoms with Gasteiger partial charge in [0.1, 0.15) is 0 Å². The van der Waals surface area contributed by atoms with Crippen LogP contribution in [0.2, 0.25) is 0 Å². The second kappa shape index (κ2) is 6.23. The average molecular weight is 416 g/mol. The molecule has 0 radical (unpaired) electrons. The zero-order valence-corrected chi connectivity index (χ0v) is 13.8. The van der Waals surface area contributed by atoms with Gasteiger partial charge in [0, 0.05) is 21.5 Å². The standard InChI is InChI=1S/C13H15Br2F3N2/c14-8-4-7(12(19)10(15)5-8)6-20-11-3-1-2-9(11)13(16,17)18/h4-5,9,11,20H,1-3,6,19H2/t9-,11+/m0/s1. The first-order valence-electron chi connectivity index (χ1n) is 6.32. The van der Waals surface area contributed by atoms with Crippen molar-refractivity contribution in [3.05, 3.63) is 26.6 Å². The van der Waals surface area contributed by atoms with Crippen molar-refractivity contribution < 1.29 is 13.2 Å². The third-order valence-corrected chi connectivity index (χ3v) is 4.79. The maximum Gasteiger partial charge on any atom is 0.393 e. The summed E-state index contributed by atoms with van der Waals surface area (Å²) in [6, 6.07) is 3.12. The lowest BCUT2D eigenvalue weighted by atomic mass is 10.0. The van der Waals surface area contributed by atoms with Gasteiger partial charge in [-0.3, -0.25) is 0 Å². The summed E-state index contributed by atoms with van der Waals surface area (Å²) in [5.41, 5.74) is 7.28. The number of benzene rings is 1. The van der Waals surface area contributed by atoms with E-state index in [1.54, 1.807) is 0 Å². The summed E-state index contributed by atoms with van der Waals surface area (Å²) in [6.07, 6.45) is -2.75. The Morgan fingerprint density at radius 2 is 1.95 bits per heavy atom. The Kier molecular flexibility index (Phi) is 5.02. The van der Waals surface area contributed by atoms with E-state index in [1.807, 2.05) is 12.1 Å². The first-order chi connectivity index (χ1) is 9.29. The van der Waals surface area contributed by atoms with Crippen LogP contribution in [0.5, 0.6) is 0 Å². The fourth-order valence-corrected chi connectivity index (χ4v) is 3.94. The molecule has 0 aromatic heterocycles. The van der Waals surface area contributed by atoms with Crippen LogP contribution in [-0.4, -0.2) is 12.2 Å². The Balaban J connectivity index is 2.06. The van der Waals surface area contributed by atoms with Crippen LogP contribution in [0.3, 0.4) is 0 Å². The Morgan fingerprint density at radius 1 is 1.25 bits per heavy atom. The number of nitrogens with one attached hydrogen (secondary N) is 1. The first kappa shape index (κ1) is 16.1. The van der Waals surface area contributed by atoms with E-state index in [0.717, 1.165) is 14.5 Å². The van der Waals surface area contributed by atoms with E-state index in [4.69, 9.17) is 5.73 Å². The second-order valence-corrected chi connectivity index (χ2v) is 6.80. The van der Waals surface area contributed by atoms with E-state index in [1.165, 1.54) is 0 Å². The van der Waals surface area contributed by atoms with E-state index in [2.05, 4.69) is 37.2 Å². The minimum atomic E-state index is -4.13. The predicted octanol–water partition coefficient (Wildman–Crippen LogP) is 4.61. The SMILES string of the molecule is Nc1c(Br)cc(Br)cc1CN[C@@H]1CCC[C@@H]1C(F)(F)F. The third kappa shape index (κ3) is 3.68. The zero-order chi connectivity index (χ0) is 14.9. The van der Waals surface area contributed by atoms with Crippen molar-refractivity contribution in [2.24, 2.45) is 5.92 Å². The lowest BCUT2D eigenvalue weighted by Crippen LogP contribution is -2.39. The van der Waals surface area contributed by atoms with Gasteiger partial charge in [0.2, 0.25) is 0 Å². The highest BCUT2D eigenvalue weighted by Crippen LogP contribution is 2.39. The van der Waals surface area contributed by atoms with Crippen molar-refractivity contribution in [2.45, 2.75) is 38.0 Å². The van der Waals surface area contributed by atoms with E-state index in [9.17, 15) is 13.2 Å². The van der Waals surface area contributed by atoms with Crippen molar-refractivity contribution in [3.63, 3.8) is 0 Å². The van der Waals surface area contributed by atoms with Gasteiger partial charge in [-0.25, -0.2) is 0 Å². The fraction of sp³-hybridized carbons (Fsp3) is 0.538. The molecule has 7 heteroatoms. The van der Waals surface area contributed by atoms with Gasteiger partial charge in [-0.05, 0) is 46.5 Å². The molecular weight excluding hydrogens is 401 g/mol. The molecule has 0 heterocycles. The van der Waals surface area contributed by atoms with Crippen LogP contribution >= 0.6 is 31.9 Å². The Hall–Kier alpha value is -0.270. The number of rotatable bonds is 3. The van der Waals surface area contributed by atoms with Crippen LogP contribution in [0.1, 0.15) is 24.8 Å². The van der Waals surface area contributed by atoms with Crippen LogP contribution in [0, 0.1) is 5.92 Å². The molecule has 1 fully saturated rings. The van der Waals surface area contributed by atoms with E-state index >= 15 is 0 Å². The van der Waals surface area contributed by atoms with Crippen LogP contribution in [0.4, 0.5) is 18.9 Å². The first-order valence-corrected chi connectivity index (χ1v) is 7.91. The average Bonchev–Trinajstić information content (AvgIpc) is 2.80. The van der Waals surface area contributed by atoms with Gasteiger partial charge in [-0.15, -0.1) is 0 Å². The monoisotopic (exact) mass is 414 g/mol. The summed E-state index contributed by atoms with van der Waals surface area (Å²) < 4.78 is 40.2. The van der Waals surface area contributed by atoms with Crippen molar-refractivity contribution >= 4 is 37.5 Å². The highest BCUT2D eigenvalue weighted by Gasteiger charge is 2.46. The summed E-state index contributed by atoms with van der Waals surface area (Å²) in [6.45, 7) is 0.334. The van der Waals surface area contributed by atoms with E-state index in [0.29, 0.717) is 25.1 Å². The molecule has 20 heavy (non-hydrogen) atoms. The van der Waals surface area contributed by atoms with Crippen LogP contribution < -0.4 is 11.1 Å². The molecule has 1 aliphatic rings. The van der Waals surface area contributed by atoms with Crippen LogP contribution in [0.25, 0.3) is 0 Å². The Labute approximate surface area is 132 Å².